The normalized spacial score (nSPS) is 10.8. The molecule has 4 nitrogen and oxygen atoms in total. The average Bonchev–Trinajstić information content (AvgIpc) is 2.97. The largest absolute Gasteiger partial charge is 0.507 e. The number of benzene rings is 2. The fourth-order valence-corrected chi connectivity index (χ4v) is 8.39. The van der Waals surface area contributed by atoms with E-state index in [4.69, 9.17) is 10.5 Å². The molecule has 218 valence electrons. The number of nitrogens with zero attached hydrogens (tertiary/aromatic N) is 2. The number of aryl methyl sites for hydroxylation is 2. The van der Waals surface area contributed by atoms with Gasteiger partial charge in [-0.15, -0.1) is 0 Å². The summed E-state index contributed by atoms with van der Waals surface area (Å²) in [5, 5.41) is 37.2. The fourth-order valence-electron chi connectivity index (χ4n) is 4.17. The second kappa shape index (κ2) is 23.0. The van der Waals surface area contributed by atoms with Crippen LogP contribution < -0.4 is 0 Å². The first-order valence-electron chi connectivity index (χ1n) is 14.5. The number of unbranched alkanes of at least 4 members (excludes halogenated alkanes) is 6. The standard InChI is InChI=1S/C32H44N2O2S4/c33-25-29-23-27(13-15-31(29)35)11-9-19-37-17-5-1-3-7-21-39-40-22-8-4-2-6-18-38-20-10-12-28-14-16-32(36)30(24-28)26-34/h13-16,23-24,35-36H,1-12,17-22H2. The Bertz CT molecular complexity index is 969. The molecule has 0 aliphatic rings. The summed E-state index contributed by atoms with van der Waals surface area (Å²) in [6, 6.07) is 14.8. The summed E-state index contributed by atoms with van der Waals surface area (Å²) in [4.78, 5) is 0. The van der Waals surface area contributed by atoms with Crippen molar-refractivity contribution >= 4 is 45.1 Å². The monoisotopic (exact) mass is 616 g/mol. The predicted octanol–water partition coefficient (Wildman–Crippen LogP) is 9.38. The van der Waals surface area contributed by atoms with E-state index in [9.17, 15) is 10.2 Å². The number of phenols is 2. The van der Waals surface area contributed by atoms with E-state index in [1.807, 2.05) is 69.4 Å². The van der Waals surface area contributed by atoms with Crippen LogP contribution in [0.5, 0.6) is 11.5 Å². The zero-order valence-electron chi connectivity index (χ0n) is 23.6. The van der Waals surface area contributed by atoms with Crippen LogP contribution in [0.15, 0.2) is 36.4 Å². The van der Waals surface area contributed by atoms with Crippen molar-refractivity contribution in [1.82, 2.24) is 0 Å². The van der Waals surface area contributed by atoms with Crippen LogP contribution in [0.4, 0.5) is 0 Å². The Morgan fingerprint density at radius 2 is 0.875 bits per heavy atom. The van der Waals surface area contributed by atoms with Crippen LogP contribution >= 0.6 is 45.1 Å². The van der Waals surface area contributed by atoms with Gasteiger partial charge in [0.1, 0.15) is 23.6 Å². The van der Waals surface area contributed by atoms with Gasteiger partial charge in [-0.2, -0.15) is 34.0 Å². The Hall–Kier alpha value is -1.58. The van der Waals surface area contributed by atoms with Crippen molar-refractivity contribution in [2.24, 2.45) is 0 Å². The van der Waals surface area contributed by atoms with Gasteiger partial charge in [0, 0.05) is 11.5 Å². The quantitative estimate of drug-likeness (QED) is 0.0943. The van der Waals surface area contributed by atoms with Crippen molar-refractivity contribution in [3.63, 3.8) is 0 Å². The molecule has 0 bridgehead atoms. The number of hydrogen-bond donors (Lipinski definition) is 2. The van der Waals surface area contributed by atoms with Gasteiger partial charge >= 0.3 is 0 Å². The molecule has 0 aliphatic heterocycles. The highest BCUT2D eigenvalue weighted by Crippen LogP contribution is 2.25. The van der Waals surface area contributed by atoms with Gasteiger partial charge in [-0.05, 0) is 110 Å². The van der Waals surface area contributed by atoms with Crippen LogP contribution in [0, 0.1) is 22.7 Å². The smallest absolute Gasteiger partial charge is 0.133 e. The second-order valence-corrected chi connectivity index (χ2v) is 15.0. The summed E-state index contributed by atoms with van der Waals surface area (Å²) < 4.78 is 0. The lowest BCUT2D eigenvalue weighted by Gasteiger charge is -2.05. The highest BCUT2D eigenvalue weighted by Gasteiger charge is 2.03. The number of phenolic OH excluding ortho intramolecular Hbond substituents is 2. The maximum absolute atomic E-state index is 9.58. The predicted molar refractivity (Wildman–Crippen MR) is 179 cm³/mol. The minimum absolute atomic E-state index is 0.0733. The molecule has 2 N–H and O–H groups in total. The maximum atomic E-state index is 9.58. The molecule has 0 saturated heterocycles. The molecule has 0 radical (unpaired) electrons. The molecule has 0 heterocycles. The summed E-state index contributed by atoms with van der Waals surface area (Å²) in [7, 11) is 4.10. The van der Waals surface area contributed by atoms with Crippen molar-refractivity contribution < 1.29 is 10.2 Å². The summed E-state index contributed by atoms with van der Waals surface area (Å²) >= 11 is 4.07. The fraction of sp³-hybridized carbons (Fsp3) is 0.562. The SMILES string of the molecule is N#Cc1cc(CCCSCCCCCCSSCCCCCCSCCCc2ccc(O)c(C#N)c2)ccc1O. The molecule has 8 heteroatoms. The van der Waals surface area contributed by atoms with Crippen LogP contribution in [0.2, 0.25) is 0 Å². The number of thioether (sulfide) groups is 2. The number of hydrogen-bond acceptors (Lipinski definition) is 8. The van der Waals surface area contributed by atoms with E-state index in [-0.39, 0.29) is 11.5 Å². The number of aromatic hydroxyl groups is 2. The van der Waals surface area contributed by atoms with Gasteiger partial charge in [0.05, 0.1) is 11.1 Å². The van der Waals surface area contributed by atoms with E-state index in [2.05, 4.69) is 0 Å². The Kier molecular flexibility index (Phi) is 19.9. The van der Waals surface area contributed by atoms with E-state index in [0.29, 0.717) is 11.1 Å². The molecule has 0 saturated carbocycles. The van der Waals surface area contributed by atoms with Crippen molar-refractivity contribution in [1.29, 1.82) is 10.5 Å². The molecule has 0 amide bonds. The maximum Gasteiger partial charge on any atom is 0.133 e. The molecule has 0 aliphatic carbocycles. The highest BCUT2D eigenvalue weighted by atomic mass is 33.1. The van der Waals surface area contributed by atoms with E-state index in [1.54, 1.807) is 24.3 Å². The Balaban J connectivity index is 1.26. The Labute approximate surface area is 258 Å². The summed E-state index contributed by atoms with van der Waals surface area (Å²) in [6.07, 6.45) is 14.8. The highest BCUT2D eigenvalue weighted by molar-refractivity contribution is 8.76. The van der Waals surface area contributed by atoms with Crippen molar-refractivity contribution in [3.8, 4) is 23.6 Å². The average molecular weight is 617 g/mol. The Morgan fingerprint density at radius 1 is 0.500 bits per heavy atom. The first kappa shape index (κ1) is 34.6. The van der Waals surface area contributed by atoms with E-state index in [1.165, 1.54) is 74.4 Å². The molecule has 0 atom stereocenters. The lowest BCUT2D eigenvalue weighted by Crippen LogP contribution is -1.91. The molecule has 2 rings (SSSR count). The zero-order chi connectivity index (χ0) is 28.7. The van der Waals surface area contributed by atoms with Crippen molar-refractivity contribution in [2.45, 2.75) is 77.0 Å². The van der Waals surface area contributed by atoms with Crippen molar-refractivity contribution in [2.75, 3.05) is 34.5 Å². The van der Waals surface area contributed by atoms with Gasteiger partial charge in [0.2, 0.25) is 0 Å². The number of rotatable bonds is 23. The van der Waals surface area contributed by atoms with E-state index in [0.717, 1.165) is 48.3 Å². The molecule has 0 unspecified atom stereocenters. The lowest BCUT2D eigenvalue weighted by molar-refractivity contribution is 0.472. The van der Waals surface area contributed by atoms with Crippen LogP contribution in [0.25, 0.3) is 0 Å². The topological polar surface area (TPSA) is 88.0 Å². The molecular weight excluding hydrogens is 573 g/mol. The molecule has 40 heavy (non-hydrogen) atoms. The van der Waals surface area contributed by atoms with Gasteiger partial charge < -0.3 is 10.2 Å². The molecule has 2 aromatic carbocycles. The number of nitriles is 2. The van der Waals surface area contributed by atoms with Crippen LogP contribution in [0.3, 0.4) is 0 Å². The minimum Gasteiger partial charge on any atom is -0.507 e. The molecular formula is C32H44N2O2S4. The first-order valence-corrected chi connectivity index (χ1v) is 19.3. The summed E-state index contributed by atoms with van der Waals surface area (Å²) in [6.45, 7) is 0. The van der Waals surface area contributed by atoms with Gasteiger partial charge in [0.25, 0.3) is 0 Å². The third-order valence-electron chi connectivity index (χ3n) is 6.49. The van der Waals surface area contributed by atoms with Crippen LogP contribution in [-0.4, -0.2) is 44.7 Å². The third-order valence-corrected chi connectivity index (χ3v) is 11.4. The van der Waals surface area contributed by atoms with Gasteiger partial charge in [-0.3, -0.25) is 0 Å². The molecule has 0 fully saturated rings. The van der Waals surface area contributed by atoms with Gasteiger partial charge in [0.15, 0.2) is 0 Å². The van der Waals surface area contributed by atoms with Crippen molar-refractivity contribution in [3.05, 3.63) is 58.7 Å². The van der Waals surface area contributed by atoms with Crippen LogP contribution in [0.1, 0.15) is 86.5 Å². The third kappa shape index (κ3) is 16.0. The lowest BCUT2D eigenvalue weighted by atomic mass is 10.1. The molecule has 0 aromatic heterocycles. The Morgan fingerprint density at radius 3 is 1.27 bits per heavy atom. The minimum atomic E-state index is 0.0733. The summed E-state index contributed by atoms with van der Waals surface area (Å²) in [5.74, 6) is 7.48. The molecule has 2 aromatic rings. The van der Waals surface area contributed by atoms with Gasteiger partial charge in [-0.25, -0.2) is 0 Å². The second-order valence-electron chi connectivity index (χ2n) is 9.83. The van der Waals surface area contributed by atoms with E-state index >= 15 is 0 Å². The van der Waals surface area contributed by atoms with Gasteiger partial charge in [-0.1, -0.05) is 59.4 Å². The zero-order valence-corrected chi connectivity index (χ0v) is 26.9. The van der Waals surface area contributed by atoms with E-state index < -0.39 is 0 Å². The molecule has 0 spiro atoms. The summed E-state index contributed by atoms with van der Waals surface area (Å²) in [5.41, 5.74) is 3.01. The first-order chi connectivity index (χ1) is 19.6. The van der Waals surface area contributed by atoms with Crippen LogP contribution in [-0.2, 0) is 12.8 Å².